The smallest absolute Gasteiger partial charge is 0.385 e. The Kier molecular flexibility index (Phi) is 5.84. The molecule has 0 bridgehead atoms. The van der Waals surface area contributed by atoms with Gasteiger partial charge in [0.2, 0.25) is 0 Å². The average Bonchev–Trinajstić information content (AvgIpc) is 3.02. The molecule has 0 aromatic heterocycles. The highest BCUT2D eigenvalue weighted by molar-refractivity contribution is 5.09. The molecule has 0 heterocycles. The number of fused-ring (bicyclic) bond motifs is 5. The van der Waals surface area contributed by atoms with E-state index in [0.717, 1.165) is 43.6 Å². The molecule has 4 saturated carbocycles. The van der Waals surface area contributed by atoms with Crippen molar-refractivity contribution in [1.82, 2.24) is 0 Å². The lowest BCUT2D eigenvalue weighted by Gasteiger charge is -2.61. The molecule has 168 valence electrons. The number of halogens is 3. The molecule has 9 unspecified atom stereocenters. The van der Waals surface area contributed by atoms with Crippen LogP contribution in [0.25, 0.3) is 0 Å². The van der Waals surface area contributed by atoms with Gasteiger partial charge in [0.1, 0.15) is 0 Å². The van der Waals surface area contributed by atoms with Gasteiger partial charge in [0.25, 0.3) is 0 Å². The van der Waals surface area contributed by atoms with Gasteiger partial charge in [-0.3, -0.25) is 0 Å². The van der Waals surface area contributed by atoms with Crippen molar-refractivity contribution in [3.05, 3.63) is 0 Å². The quantitative estimate of drug-likeness (QED) is 0.463. The molecule has 4 heteroatoms. The fourth-order valence-electron chi connectivity index (χ4n) is 9.04. The first kappa shape index (κ1) is 22.0. The molecule has 0 spiro atoms. The number of ether oxygens (including phenoxy) is 1. The minimum absolute atomic E-state index is 0.145. The van der Waals surface area contributed by atoms with E-state index in [1.165, 1.54) is 32.1 Å². The molecule has 0 amide bonds. The number of rotatable bonds is 4. The molecule has 0 radical (unpaired) electrons. The number of alkyl halides is 3. The maximum atomic E-state index is 13.4. The van der Waals surface area contributed by atoms with Crippen LogP contribution in [0.15, 0.2) is 0 Å². The van der Waals surface area contributed by atoms with E-state index >= 15 is 0 Å². The van der Waals surface area contributed by atoms with Gasteiger partial charge in [-0.25, -0.2) is 0 Å². The SMILES string of the molecule is COCCC(C)C1CCC2C3CCC4CC(C(F)(F)F)CCC4(C)C3CCC12C. The van der Waals surface area contributed by atoms with Crippen LogP contribution in [0.1, 0.15) is 85.0 Å². The van der Waals surface area contributed by atoms with Crippen LogP contribution in [0.4, 0.5) is 13.2 Å². The van der Waals surface area contributed by atoms with Crippen LogP contribution < -0.4 is 0 Å². The van der Waals surface area contributed by atoms with Crippen molar-refractivity contribution in [1.29, 1.82) is 0 Å². The van der Waals surface area contributed by atoms with Crippen molar-refractivity contribution in [3.8, 4) is 0 Å². The number of hydrogen-bond acceptors (Lipinski definition) is 1. The first-order valence-corrected chi connectivity index (χ1v) is 12.2. The second-order valence-electron chi connectivity index (χ2n) is 11.7. The summed E-state index contributed by atoms with van der Waals surface area (Å²) in [6.45, 7) is 8.20. The van der Waals surface area contributed by atoms with E-state index in [-0.39, 0.29) is 11.3 Å². The van der Waals surface area contributed by atoms with Crippen LogP contribution in [0.5, 0.6) is 0 Å². The van der Waals surface area contributed by atoms with E-state index < -0.39 is 12.1 Å². The van der Waals surface area contributed by atoms with Crippen LogP contribution in [0.3, 0.4) is 0 Å². The highest BCUT2D eigenvalue weighted by Gasteiger charge is 2.61. The fourth-order valence-corrected chi connectivity index (χ4v) is 9.04. The molecule has 4 fully saturated rings. The number of methoxy groups -OCH3 is 1. The van der Waals surface area contributed by atoms with Crippen molar-refractivity contribution >= 4 is 0 Å². The van der Waals surface area contributed by atoms with E-state index in [4.69, 9.17) is 4.74 Å². The lowest BCUT2D eigenvalue weighted by atomic mass is 9.44. The molecular formula is C25H41F3O. The summed E-state index contributed by atoms with van der Waals surface area (Å²) in [6, 6.07) is 0. The molecular weight excluding hydrogens is 373 g/mol. The minimum atomic E-state index is -4.00. The Morgan fingerprint density at radius 2 is 1.62 bits per heavy atom. The largest absolute Gasteiger partial charge is 0.391 e. The zero-order valence-corrected chi connectivity index (χ0v) is 18.9. The molecule has 4 aliphatic rings. The monoisotopic (exact) mass is 414 g/mol. The Balaban J connectivity index is 1.50. The van der Waals surface area contributed by atoms with Gasteiger partial charge in [0.05, 0.1) is 5.92 Å². The molecule has 0 aromatic carbocycles. The Morgan fingerprint density at radius 1 is 0.931 bits per heavy atom. The lowest BCUT2D eigenvalue weighted by Crippen LogP contribution is -2.54. The third kappa shape index (κ3) is 3.57. The lowest BCUT2D eigenvalue weighted by molar-refractivity contribution is -0.208. The Bertz CT molecular complexity index is 589. The molecule has 0 saturated heterocycles. The van der Waals surface area contributed by atoms with Gasteiger partial charge in [0, 0.05) is 13.7 Å². The minimum Gasteiger partial charge on any atom is -0.385 e. The summed E-state index contributed by atoms with van der Waals surface area (Å²) in [5.41, 5.74) is 0.576. The first-order valence-electron chi connectivity index (χ1n) is 12.2. The van der Waals surface area contributed by atoms with E-state index in [1.807, 2.05) is 0 Å². The first-order chi connectivity index (χ1) is 13.6. The van der Waals surface area contributed by atoms with E-state index in [2.05, 4.69) is 20.8 Å². The van der Waals surface area contributed by atoms with Crippen molar-refractivity contribution in [2.75, 3.05) is 13.7 Å². The standard InChI is InChI=1S/C25H41F3O/c1-16(11-14-29-4)20-7-8-21-19-6-5-17-15-18(25(26,27)28)9-12-23(17,2)22(19)10-13-24(20,21)3/h16-22H,5-15H2,1-4H3. The molecule has 29 heavy (non-hydrogen) atoms. The topological polar surface area (TPSA) is 9.23 Å². The molecule has 0 aromatic rings. The van der Waals surface area contributed by atoms with Gasteiger partial charge < -0.3 is 4.74 Å². The maximum absolute atomic E-state index is 13.4. The summed E-state index contributed by atoms with van der Waals surface area (Å²) in [4.78, 5) is 0. The van der Waals surface area contributed by atoms with Crippen molar-refractivity contribution in [2.45, 2.75) is 91.2 Å². The zero-order chi connectivity index (χ0) is 21.0. The van der Waals surface area contributed by atoms with Gasteiger partial charge in [-0.1, -0.05) is 20.8 Å². The van der Waals surface area contributed by atoms with Gasteiger partial charge in [-0.2, -0.15) is 13.2 Å². The molecule has 0 aliphatic heterocycles. The second-order valence-corrected chi connectivity index (χ2v) is 11.7. The van der Waals surface area contributed by atoms with Gasteiger partial charge in [0.15, 0.2) is 0 Å². The summed E-state index contributed by atoms with van der Waals surface area (Å²) < 4.78 is 45.5. The third-order valence-corrected chi connectivity index (χ3v) is 10.7. The summed E-state index contributed by atoms with van der Waals surface area (Å²) in [7, 11) is 1.80. The highest BCUT2D eigenvalue weighted by atomic mass is 19.4. The van der Waals surface area contributed by atoms with E-state index in [1.54, 1.807) is 7.11 Å². The van der Waals surface area contributed by atoms with Crippen molar-refractivity contribution < 1.29 is 17.9 Å². The van der Waals surface area contributed by atoms with Crippen LogP contribution in [-0.2, 0) is 4.74 Å². The number of hydrogen-bond donors (Lipinski definition) is 0. The molecule has 0 N–H and O–H groups in total. The van der Waals surface area contributed by atoms with Crippen molar-refractivity contribution in [3.63, 3.8) is 0 Å². The zero-order valence-electron chi connectivity index (χ0n) is 18.9. The second kappa shape index (κ2) is 7.71. The fraction of sp³-hybridized carbons (Fsp3) is 1.00. The average molecular weight is 415 g/mol. The van der Waals surface area contributed by atoms with Gasteiger partial charge >= 0.3 is 6.18 Å². The molecule has 9 atom stereocenters. The highest BCUT2D eigenvalue weighted by Crippen LogP contribution is 2.69. The normalized spacial score (nSPS) is 48.5. The summed E-state index contributed by atoms with van der Waals surface area (Å²) in [5.74, 6) is 2.91. The molecule has 4 rings (SSSR count). The van der Waals surface area contributed by atoms with Crippen LogP contribution in [-0.4, -0.2) is 19.9 Å². The molecule has 4 aliphatic carbocycles. The van der Waals surface area contributed by atoms with E-state index in [9.17, 15) is 13.2 Å². The summed E-state index contributed by atoms with van der Waals surface area (Å²) >= 11 is 0. The third-order valence-electron chi connectivity index (χ3n) is 10.7. The van der Waals surface area contributed by atoms with Gasteiger partial charge in [-0.15, -0.1) is 0 Å². The molecule has 1 nitrogen and oxygen atoms in total. The van der Waals surface area contributed by atoms with Crippen LogP contribution in [0, 0.1) is 52.3 Å². The van der Waals surface area contributed by atoms with Crippen molar-refractivity contribution in [2.24, 2.45) is 52.3 Å². The predicted octanol–water partition coefficient (Wildman–Crippen LogP) is 7.50. The van der Waals surface area contributed by atoms with E-state index in [0.29, 0.717) is 30.1 Å². The summed E-state index contributed by atoms with van der Waals surface area (Å²) in [6.07, 6.45) is 6.10. The van der Waals surface area contributed by atoms with Crippen LogP contribution >= 0.6 is 0 Å². The maximum Gasteiger partial charge on any atom is 0.391 e. The van der Waals surface area contributed by atoms with Crippen LogP contribution in [0.2, 0.25) is 0 Å². The summed E-state index contributed by atoms with van der Waals surface area (Å²) in [5, 5.41) is 0. The Hall–Kier alpha value is -0.250. The van der Waals surface area contributed by atoms with Gasteiger partial charge in [-0.05, 0) is 111 Å². The Morgan fingerprint density at radius 3 is 2.31 bits per heavy atom. The Labute approximate surface area is 175 Å². The predicted molar refractivity (Wildman–Crippen MR) is 110 cm³/mol.